The minimum atomic E-state index is -3.83. The van der Waals surface area contributed by atoms with Crippen molar-refractivity contribution in [1.82, 2.24) is 9.55 Å². The summed E-state index contributed by atoms with van der Waals surface area (Å²) >= 11 is 1.32. The summed E-state index contributed by atoms with van der Waals surface area (Å²) in [6.07, 6.45) is 1.91. The summed E-state index contributed by atoms with van der Waals surface area (Å²) in [7, 11) is -3.83. The SMILES string of the molecule is CCCCn1c(SC(C)C(=O)Nc2ccc3c(c2)OCCO3)nc2cc(S(N)(=O)=O)ccc21. The number of imidazole rings is 1. The fourth-order valence-corrected chi connectivity index (χ4v) is 4.95. The molecule has 1 amide bonds. The number of benzene rings is 2. The predicted molar refractivity (Wildman–Crippen MR) is 127 cm³/mol. The largest absolute Gasteiger partial charge is 0.486 e. The minimum Gasteiger partial charge on any atom is -0.486 e. The molecule has 1 aliphatic heterocycles. The van der Waals surface area contributed by atoms with Gasteiger partial charge >= 0.3 is 0 Å². The van der Waals surface area contributed by atoms with Crippen molar-refractivity contribution in [3.63, 3.8) is 0 Å². The van der Waals surface area contributed by atoms with Crippen LogP contribution in [0.4, 0.5) is 5.69 Å². The molecule has 0 bridgehead atoms. The molecular weight excluding hydrogens is 464 g/mol. The number of aryl methyl sites for hydroxylation is 1. The zero-order valence-electron chi connectivity index (χ0n) is 18.4. The predicted octanol–water partition coefficient (Wildman–Crippen LogP) is 3.37. The first kappa shape index (κ1) is 23.4. The zero-order valence-corrected chi connectivity index (χ0v) is 20.0. The third kappa shape index (κ3) is 5.26. The monoisotopic (exact) mass is 490 g/mol. The molecular formula is C22H26N4O5S2. The molecule has 1 atom stereocenters. The van der Waals surface area contributed by atoms with Crippen LogP contribution in [-0.4, -0.2) is 42.3 Å². The molecule has 0 saturated heterocycles. The molecule has 176 valence electrons. The molecule has 0 fully saturated rings. The van der Waals surface area contributed by atoms with Crippen LogP contribution in [0.5, 0.6) is 11.5 Å². The molecule has 0 saturated carbocycles. The molecule has 1 aromatic heterocycles. The Balaban J connectivity index is 1.55. The third-order valence-electron chi connectivity index (χ3n) is 5.21. The van der Waals surface area contributed by atoms with Gasteiger partial charge in [0.1, 0.15) is 13.2 Å². The van der Waals surface area contributed by atoms with Gasteiger partial charge in [0.05, 0.1) is 21.2 Å². The molecule has 0 spiro atoms. The van der Waals surface area contributed by atoms with Crippen molar-refractivity contribution < 1.29 is 22.7 Å². The maximum Gasteiger partial charge on any atom is 0.238 e. The Morgan fingerprint density at radius 3 is 2.70 bits per heavy atom. The first-order chi connectivity index (χ1) is 15.8. The molecule has 3 aromatic rings. The summed E-state index contributed by atoms with van der Waals surface area (Å²) in [5.41, 5.74) is 1.95. The number of amides is 1. The van der Waals surface area contributed by atoms with Crippen LogP contribution in [0.2, 0.25) is 0 Å². The Bertz CT molecular complexity index is 1290. The molecule has 4 rings (SSSR count). The summed E-state index contributed by atoms with van der Waals surface area (Å²) in [6, 6.07) is 9.95. The number of aromatic nitrogens is 2. The summed E-state index contributed by atoms with van der Waals surface area (Å²) in [5, 5.41) is 8.38. The minimum absolute atomic E-state index is 0.0103. The Hall–Kier alpha value is -2.76. The van der Waals surface area contributed by atoms with E-state index in [0.717, 1.165) is 18.4 Å². The first-order valence-corrected chi connectivity index (χ1v) is 13.1. The Morgan fingerprint density at radius 1 is 1.21 bits per heavy atom. The van der Waals surface area contributed by atoms with Crippen molar-refractivity contribution in [3.05, 3.63) is 36.4 Å². The van der Waals surface area contributed by atoms with Gasteiger partial charge in [0, 0.05) is 18.3 Å². The molecule has 0 radical (unpaired) electrons. The molecule has 3 N–H and O–H groups in total. The van der Waals surface area contributed by atoms with Crippen LogP contribution in [0.3, 0.4) is 0 Å². The summed E-state index contributed by atoms with van der Waals surface area (Å²) < 4.78 is 36.6. The number of nitrogens with zero attached hydrogens (tertiary/aromatic N) is 2. The molecule has 11 heteroatoms. The lowest BCUT2D eigenvalue weighted by atomic mass is 10.2. The average Bonchev–Trinajstić information content (AvgIpc) is 3.13. The van der Waals surface area contributed by atoms with E-state index < -0.39 is 15.3 Å². The molecule has 1 unspecified atom stereocenters. The van der Waals surface area contributed by atoms with Gasteiger partial charge in [0.15, 0.2) is 16.7 Å². The molecule has 9 nitrogen and oxygen atoms in total. The number of sulfonamides is 1. The number of anilines is 1. The van der Waals surface area contributed by atoms with Crippen LogP contribution >= 0.6 is 11.8 Å². The highest BCUT2D eigenvalue weighted by atomic mass is 32.2. The highest BCUT2D eigenvalue weighted by Crippen LogP contribution is 2.33. The van der Waals surface area contributed by atoms with Gasteiger partial charge in [0.2, 0.25) is 15.9 Å². The molecule has 0 aliphatic carbocycles. The van der Waals surface area contributed by atoms with Crippen LogP contribution in [0.25, 0.3) is 11.0 Å². The van der Waals surface area contributed by atoms with Crippen LogP contribution < -0.4 is 19.9 Å². The quantitative estimate of drug-likeness (QED) is 0.464. The number of unbranched alkanes of at least 4 members (excludes halogenated alkanes) is 1. The maximum atomic E-state index is 12.9. The van der Waals surface area contributed by atoms with E-state index in [2.05, 4.69) is 17.2 Å². The number of carbonyl (C=O) groups is 1. The second-order valence-corrected chi connectivity index (χ2v) is 10.6. The van der Waals surface area contributed by atoms with Gasteiger partial charge in [-0.3, -0.25) is 4.79 Å². The van der Waals surface area contributed by atoms with Crippen molar-refractivity contribution in [2.24, 2.45) is 5.14 Å². The number of nitrogens with two attached hydrogens (primary N) is 1. The molecule has 2 aromatic carbocycles. The topological polar surface area (TPSA) is 126 Å². The van der Waals surface area contributed by atoms with Gasteiger partial charge in [-0.15, -0.1) is 0 Å². The number of fused-ring (bicyclic) bond motifs is 2. The van der Waals surface area contributed by atoms with Crippen LogP contribution in [0.1, 0.15) is 26.7 Å². The number of hydrogen-bond donors (Lipinski definition) is 2. The van der Waals surface area contributed by atoms with Gasteiger partial charge in [-0.1, -0.05) is 25.1 Å². The maximum absolute atomic E-state index is 12.9. The number of rotatable bonds is 8. The zero-order chi connectivity index (χ0) is 23.6. The fourth-order valence-electron chi connectivity index (χ4n) is 3.46. The van der Waals surface area contributed by atoms with Crippen LogP contribution in [0, 0.1) is 0 Å². The van der Waals surface area contributed by atoms with E-state index in [4.69, 9.17) is 14.6 Å². The van der Waals surface area contributed by atoms with E-state index in [-0.39, 0.29) is 10.8 Å². The fraction of sp³-hybridized carbons (Fsp3) is 0.364. The molecule has 33 heavy (non-hydrogen) atoms. The van der Waals surface area contributed by atoms with Crippen molar-refractivity contribution in [3.8, 4) is 11.5 Å². The smallest absolute Gasteiger partial charge is 0.238 e. The highest BCUT2D eigenvalue weighted by molar-refractivity contribution is 8.00. The Labute approximate surface area is 196 Å². The summed E-state index contributed by atoms with van der Waals surface area (Å²) in [4.78, 5) is 17.5. The average molecular weight is 491 g/mol. The van der Waals surface area contributed by atoms with E-state index in [9.17, 15) is 13.2 Å². The van der Waals surface area contributed by atoms with E-state index in [0.29, 0.717) is 47.6 Å². The van der Waals surface area contributed by atoms with Gasteiger partial charge in [0.25, 0.3) is 0 Å². The van der Waals surface area contributed by atoms with E-state index in [1.165, 1.54) is 23.9 Å². The Kier molecular flexibility index (Phi) is 6.82. The number of carbonyl (C=O) groups excluding carboxylic acids is 1. The molecule has 2 heterocycles. The summed E-state index contributed by atoms with van der Waals surface area (Å²) in [6.45, 7) is 5.58. The lowest BCUT2D eigenvalue weighted by Crippen LogP contribution is -2.23. The van der Waals surface area contributed by atoms with Gasteiger partial charge in [-0.05, 0) is 43.7 Å². The van der Waals surface area contributed by atoms with Crippen molar-refractivity contribution in [1.29, 1.82) is 0 Å². The van der Waals surface area contributed by atoms with Crippen molar-refractivity contribution in [2.45, 2.75) is 48.5 Å². The van der Waals surface area contributed by atoms with E-state index >= 15 is 0 Å². The first-order valence-electron chi connectivity index (χ1n) is 10.7. The van der Waals surface area contributed by atoms with Gasteiger partial charge < -0.3 is 19.4 Å². The highest BCUT2D eigenvalue weighted by Gasteiger charge is 2.21. The normalized spacial score (nSPS) is 14.3. The number of thioether (sulfide) groups is 1. The second-order valence-electron chi connectivity index (χ2n) is 7.70. The van der Waals surface area contributed by atoms with Crippen LogP contribution in [0.15, 0.2) is 46.5 Å². The second kappa shape index (κ2) is 9.62. The van der Waals surface area contributed by atoms with Gasteiger partial charge in [-0.2, -0.15) is 0 Å². The molecule has 1 aliphatic rings. The lowest BCUT2D eigenvalue weighted by Gasteiger charge is -2.19. The number of primary sulfonamides is 1. The number of nitrogens with one attached hydrogen (secondary N) is 1. The van der Waals surface area contributed by atoms with E-state index in [1.807, 2.05) is 4.57 Å². The lowest BCUT2D eigenvalue weighted by molar-refractivity contribution is -0.115. The third-order valence-corrected chi connectivity index (χ3v) is 7.21. The van der Waals surface area contributed by atoms with Gasteiger partial charge in [-0.25, -0.2) is 18.5 Å². The Morgan fingerprint density at radius 2 is 1.97 bits per heavy atom. The van der Waals surface area contributed by atoms with Crippen LogP contribution in [-0.2, 0) is 21.4 Å². The summed E-state index contributed by atoms with van der Waals surface area (Å²) in [5.74, 6) is 1.08. The van der Waals surface area contributed by atoms with Crippen molar-refractivity contribution >= 4 is 44.4 Å². The van der Waals surface area contributed by atoms with Crippen molar-refractivity contribution in [2.75, 3.05) is 18.5 Å². The number of ether oxygens (including phenoxy) is 2. The van der Waals surface area contributed by atoms with E-state index in [1.54, 1.807) is 31.2 Å². The standard InChI is InChI=1S/C22H26N4O5S2/c1-3-4-9-26-18-7-6-16(33(23,28)29)13-17(18)25-22(26)32-14(2)21(27)24-15-5-8-19-20(12-15)31-11-10-30-19/h5-8,12-14H,3-4,9-11H2,1-2H3,(H,24,27)(H2,23,28,29). The number of hydrogen-bond acceptors (Lipinski definition) is 7.